The summed E-state index contributed by atoms with van der Waals surface area (Å²) in [5.74, 6) is 0.327. The zero-order valence-electron chi connectivity index (χ0n) is 11.4. The van der Waals surface area contributed by atoms with Gasteiger partial charge in [0.2, 0.25) is 5.91 Å². The molecule has 106 valence electrons. The van der Waals surface area contributed by atoms with Crippen molar-refractivity contribution >= 4 is 23.6 Å². The molecule has 0 aliphatic rings. The highest BCUT2D eigenvalue weighted by molar-refractivity contribution is 8.00. The van der Waals surface area contributed by atoms with E-state index in [2.05, 4.69) is 5.32 Å². The lowest BCUT2D eigenvalue weighted by molar-refractivity contribution is -0.144. The Labute approximate surface area is 113 Å². The molecule has 5 nitrogen and oxygen atoms in total. The third kappa shape index (κ3) is 7.55. The molecule has 0 heterocycles. The van der Waals surface area contributed by atoms with Crippen LogP contribution in [0, 0.1) is 0 Å². The molecule has 0 spiro atoms. The van der Waals surface area contributed by atoms with Crippen LogP contribution in [0.15, 0.2) is 0 Å². The van der Waals surface area contributed by atoms with Gasteiger partial charge in [0.15, 0.2) is 0 Å². The predicted octanol–water partition coefficient (Wildman–Crippen LogP) is 0.915. The van der Waals surface area contributed by atoms with Crippen molar-refractivity contribution in [1.82, 2.24) is 5.32 Å². The summed E-state index contributed by atoms with van der Waals surface area (Å²) in [6.45, 7) is 6.66. The Morgan fingerprint density at radius 1 is 1.39 bits per heavy atom. The molecule has 0 fully saturated rings. The number of nitrogens with one attached hydrogen (secondary N) is 1. The molecule has 1 amide bonds. The van der Waals surface area contributed by atoms with Crippen molar-refractivity contribution in [2.24, 2.45) is 5.73 Å². The Kier molecular flexibility index (Phi) is 9.77. The van der Waals surface area contributed by atoms with Gasteiger partial charge in [0.1, 0.15) is 6.04 Å². The summed E-state index contributed by atoms with van der Waals surface area (Å²) in [5.41, 5.74) is 5.66. The maximum absolute atomic E-state index is 11.6. The Bertz CT molecular complexity index is 262. The molecular weight excluding hydrogens is 252 g/mol. The number of carbonyl (C=O) groups excluding carboxylic acids is 2. The normalized spacial score (nSPS) is 13.8. The molecule has 0 rings (SSSR count). The van der Waals surface area contributed by atoms with E-state index >= 15 is 0 Å². The second kappa shape index (κ2) is 10.2. The summed E-state index contributed by atoms with van der Waals surface area (Å²) >= 11 is 1.50. The van der Waals surface area contributed by atoms with E-state index in [0.29, 0.717) is 25.3 Å². The molecule has 0 aromatic carbocycles. The lowest BCUT2D eigenvalue weighted by Gasteiger charge is -2.13. The van der Waals surface area contributed by atoms with Gasteiger partial charge in [-0.2, -0.15) is 0 Å². The van der Waals surface area contributed by atoms with E-state index in [0.717, 1.165) is 6.42 Å². The molecule has 2 unspecified atom stereocenters. The van der Waals surface area contributed by atoms with Crippen LogP contribution in [0.2, 0.25) is 0 Å². The van der Waals surface area contributed by atoms with Crippen molar-refractivity contribution in [3.05, 3.63) is 0 Å². The molecule has 0 saturated carbocycles. The molecule has 0 aliphatic heterocycles. The zero-order chi connectivity index (χ0) is 14.0. The van der Waals surface area contributed by atoms with Crippen LogP contribution in [0.3, 0.4) is 0 Å². The van der Waals surface area contributed by atoms with Gasteiger partial charge >= 0.3 is 5.97 Å². The van der Waals surface area contributed by atoms with Gasteiger partial charge < -0.3 is 15.8 Å². The maximum atomic E-state index is 11.6. The topological polar surface area (TPSA) is 81.4 Å². The van der Waals surface area contributed by atoms with Gasteiger partial charge in [-0.05, 0) is 32.4 Å². The Morgan fingerprint density at radius 2 is 2.06 bits per heavy atom. The molecule has 0 saturated heterocycles. The minimum Gasteiger partial charge on any atom is -0.465 e. The molecule has 18 heavy (non-hydrogen) atoms. The van der Waals surface area contributed by atoms with Crippen LogP contribution in [-0.2, 0) is 14.3 Å². The van der Waals surface area contributed by atoms with Crippen molar-refractivity contribution in [2.75, 3.05) is 18.9 Å². The summed E-state index contributed by atoms with van der Waals surface area (Å²) in [6.07, 6.45) is 1.45. The monoisotopic (exact) mass is 276 g/mol. The van der Waals surface area contributed by atoms with E-state index in [1.54, 1.807) is 6.92 Å². The SMILES string of the molecule is CCCNC(=O)C(C)SCCC(N)C(=O)OCC. The summed E-state index contributed by atoms with van der Waals surface area (Å²) in [4.78, 5) is 22.8. The minimum atomic E-state index is -0.594. The number of thioether (sulfide) groups is 1. The highest BCUT2D eigenvalue weighted by atomic mass is 32.2. The zero-order valence-corrected chi connectivity index (χ0v) is 12.2. The largest absolute Gasteiger partial charge is 0.465 e. The first-order chi connectivity index (χ1) is 8.52. The first kappa shape index (κ1) is 17.2. The summed E-state index contributed by atoms with van der Waals surface area (Å²) in [5, 5.41) is 2.71. The van der Waals surface area contributed by atoms with E-state index in [1.165, 1.54) is 11.8 Å². The fourth-order valence-corrected chi connectivity index (χ4v) is 2.18. The van der Waals surface area contributed by atoms with Gasteiger partial charge in [-0.25, -0.2) is 0 Å². The van der Waals surface area contributed by atoms with E-state index in [4.69, 9.17) is 10.5 Å². The molecular formula is C12H24N2O3S. The van der Waals surface area contributed by atoms with Crippen molar-refractivity contribution in [3.63, 3.8) is 0 Å². The minimum absolute atomic E-state index is 0.0338. The summed E-state index contributed by atoms with van der Waals surface area (Å²) < 4.78 is 4.81. The van der Waals surface area contributed by atoms with Gasteiger partial charge in [0.05, 0.1) is 11.9 Å². The fraction of sp³-hybridized carbons (Fsp3) is 0.833. The Balaban J connectivity index is 3.76. The first-order valence-electron chi connectivity index (χ1n) is 6.34. The Morgan fingerprint density at radius 3 is 2.61 bits per heavy atom. The molecule has 0 aromatic heterocycles. The van der Waals surface area contributed by atoms with E-state index in [-0.39, 0.29) is 17.1 Å². The predicted molar refractivity (Wildman–Crippen MR) is 74.4 cm³/mol. The van der Waals surface area contributed by atoms with Crippen molar-refractivity contribution in [1.29, 1.82) is 0 Å². The molecule has 0 bridgehead atoms. The van der Waals surface area contributed by atoms with Gasteiger partial charge in [0, 0.05) is 6.54 Å². The Hall–Kier alpha value is -0.750. The maximum Gasteiger partial charge on any atom is 0.322 e. The van der Waals surface area contributed by atoms with Crippen molar-refractivity contribution in [3.8, 4) is 0 Å². The lowest BCUT2D eigenvalue weighted by atomic mass is 10.2. The van der Waals surface area contributed by atoms with Crippen LogP contribution in [0.25, 0.3) is 0 Å². The third-order valence-electron chi connectivity index (χ3n) is 2.30. The highest BCUT2D eigenvalue weighted by Crippen LogP contribution is 2.12. The number of amides is 1. The number of esters is 1. The van der Waals surface area contributed by atoms with E-state index < -0.39 is 6.04 Å². The number of rotatable bonds is 9. The number of carbonyl (C=O) groups is 2. The third-order valence-corrected chi connectivity index (χ3v) is 3.49. The van der Waals surface area contributed by atoms with E-state index in [1.807, 2.05) is 13.8 Å². The van der Waals surface area contributed by atoms with E-state index in [9.17, 15) is 9.59 Å². The van der Waals surface area contributed by atoms with Crippen molar-refractivity contribution < 1.29 is 14.3 Å². The average molecular weight is 276 g/mol. The quantitative estimate of drug-likeness (QED) is 0.612. The molecule has 3 N–H and O–H groups in total. The van der Waals surface area contributed by atoms with Crippen LogP contribution in [0.1, 0.15) is 33.6 Å². The van der Waals surface area contributed by atoms with Crippen LogP contribution in [0.4, 0.5) is 0 Å². The summed E-state index contributed by atoms with van der Waals surface area (Å²) in [6, 6.07) is -0.594. The molecule has 2 atom stereocenters. The van der Waals surface area contributed by atoms with Crippen LogP contribution in [0.5, 0.6) is 0 Å². The van der Waals surface area contributed by atoms with Gasteiger partial charge in [0.25, 0.3) is 0 Å². The molecule has 6 heteroatoms. The number of ether oxygens (including phenoxy) is 1. The lowest BCUT2D eigenvalue weighted by Crippen LogP contribution is -2.34. The second-order valence-electron chi connectivity index (χ2n) is 3.95. The van der Waals surface area contributed by atoms with Crippen LogP contribution < -0.4 is 11.1 Å². The summed E-state index contributed by atoms with van der Waals surface area (Å²) in [7, 11) is 0. The number of hydrogen-bond donors (Lipinski definition) is 2. The van der Waals surface area contributed by atoms with Crippen LogP contribution in [-0.4, -0.2) is 42.1 Å². The van der Waals surface area contributed by atoms with Gasteiger partial charge in [-0.3, -0.25) is 9.59 Å². The smallest absolute Gasteiger partial charge is 0.322 e. The number of nitrogens with two attached hydrogens (primary N) is 1. The molecule has 0 radical (unpaired) electrons. The van der Waals surface area contributed by atoms with Crippen LogP contribution >= 0.6 is 11.8 Å². The number of hydrogen-bond acceptors (Lipinski definition) is 5. The highest BCUT2D eigenvalue weighted by Gasteiger charge is 2.17. The second-order valence-corrected chi connectivity index (χ2v) is 5.40. The van der Waals surface area contributed by atoms with Gasteiger partial charge in [-0.15, -0.1) is 11.8 Å². The standard InChI is InChI=1S/C12H24N2O3S/c1-4-7-14-11(15)9(3)18-8-6-10(13)12(16)17-5-2/h9-10H,4-8,13H2,1-3H3,(H,14,15). The van der Waals surface area contributed by atoms with Crippen molar-refractivity contribution in [2.45, 2.75) is 44.9 Å². The average Bonchev–Trinajstić information content (AvgIpc) is 2.35. The molecule has 0 aromatic rings. The molecule has 0 aliphatic carbocycles. The first-order valence-corrected chi connectivity index (χ1v) is 7.39. The fourth-order valence-electron chi connectivity index (χ4n) is 1.21. The van der Waals surface area contributed by atoms with Gasteiger partial charge in [-0.1, -0.05) is 6.92 Å².